The number of rotatable bonds is 5. The van der Waals surface area contributed by atoms with E-state index in [1.165, 1.54) is 6.33 Å². The van der Waals surface area contributed by atoms with Crippen molar-refractivity contribution in [3.63, 3.8) is 0 Å². The van der Waals surface area contributed by atoms with Crippen LogP contribution in [0, 0.1) is 6.92 Å². The lowest BCUT2D eigenvalue weighted by atomic mass is 10.1. The zero-order valence-electron chi connectivity index (χ0n) is 16.9. The van der Waals surface area contributed by atoms with Crippen LogP contribution in [0.3, 0.4) is 0 Å². The van der Waals surface area contributed by atoms with Gasteiger partial charge in [0.05, 0.1) is 21.0 Å². The van der Waals surface area contributed by atoms with E-state index in [1.807, 2.05) is 18.2 Å². The van der Waals surface area contributed by atoms with Gasteiger partial charge in [0.2, 0.25) is 21.6 Å². The third-order valence-electron chi connectivity index (χ3n) is 4.89. The largest absolute Gasteiger partial charge is 0.421 e. The predicted molar refractivity (Wildman–Crippen MR) is 119 cm³/mol. The van der Waals surface area contributed by atoms with Gasteiger partial charge in [-0.3, -0.25) is 0 Å². The summed E-state index contributed by atoms with van der Waals surface area (Å²) >= 11 is 0. The minimum Gasteiger partial charge on any atom is -0.421 e. The Hall–Kier alpha value is -4.11. The summed E-state index contributed by atoms with van der Waals surface area (Å²) in [6.45, 7) is 1.72. The second kappa shape index (κ2) is 7.86. The average molecular weight is 443 g/mol. The second-order valence-electron chi connectivity index (χ2n) is 7.02. The Bertz CT molecular complexity index is 1530. The highest BCUT2D eigenvalue weighted by Crippen LogP contribution is 2.32. The van der Waals surface area contributed by atoms with Crippen molar-refractivity contribution in [3.05, 3.63) is 85.0 Å². The van der Waals surface area contributed by atoms with Gasteiger partial charge in [0.1, 0.15) is 12.1 Å². The van der Waals surface area contributed by atoms with E-state index in [9.17, 15) is 8.42 Å². The topological polar surface area (TPSA) is 111 Å². The van der Waals surface area contributed by atoms with Crippen LogP contribution in [-0.4, -0.2) is 28.6 Å². The molecule has 5 aromatic rings. The van der Waals surface area contributed by atoms with Crippen LogP contribution >= 0.6 is 0 Å². The Morgan fingerprint density at radius 1 is 0.875 bits per heavy atom. The van der Waals surface area contributed by atoms with Crippen LogP contribution in [0.5, 0.6) is 0 Å². The lowest BCUT2D eigenvalue weighted by Crippen LogP contribution is -2.06. The first-order valence-corrected chi connectivity index (χ1v) is 11.2. The summed E-state index contributed by atoms with van der Waals surface area (Å²) in [7, 11) is -3.73. The van der Waals surface area contributed by atoms with Gasteiger partial charge < -0.3 is 9.73 Å². The van der Waals surface area contributed by atoms with Crippen LogP contribution in [0.2, 0.25) is 0 Å². The SMILES string of the molecule is Cc1nnc(-c2ccc3ncnc(Nc4ccccc4S(=O)(=O)c4ccccc4)c3c2)o1. The molecule has 158 valence electrons. The fourth-order valence-corrected chi connectivity index (χ4v) is 4.80. The first kappa shape index (κ1) is 19.8. The van der Waals surface area contributed by atoms with Crippen LogP contribution in [0.4, 0.5) is 11.5 Å². The maximum Gasteiger partial charge on any atom is 0.247 e. The molecule has 0 spiro atoms. The monoisotopic (exact) mass is 443 g/mol. The number of aromatic nitrogens is 4. The number of nitrogens with one attached hydrogen (secondary N) is 1. The van der Waals surface area contributed by atoms with Crippen molar-refractivity contribution in [1.82, 2.24) is 20.2 Å². The standard InChI is InChI=1S/C23H17N5O3S/c1-15-27-28-23(31-15)16-11-12-19-18(13-16)22(25-14-24-19)26-20-9-5-6-10-21(20)32(29,30)17-7-3-2-4-8-17/h2-14H,1H3,(H,24,25,26). The van der Waals surface area contributed by atoms with E-state index in [2.05, 4.69) is 25.5 Å². The van der Waals surface area contributed by atoms with E-state index < -0.39 is 9.84 Å². The number of hydrogen-bond donors (Lipinski definition) is 1. The third kappa shape index (κ3) is 3.58. The van der Waals surface area contributed by atoms with Gasteiger partial charge in [-0.1, -0.05) is 30.3 Å². The predicted octanol–water partition coefficient (Wildman–Crippen LogP) is 4.56. The van der Waals surface area contributed by atoms with Crippen LogP contribution in [0.15, 0.2) is 93.3 Å². The van der Waals surface area contributed by atoms with Crippen molar-refractivity contribution in [2.45, 2.75) is 16.7 Å². The first-order chi connectivity index (χ1) is 15.5. The highest BCUT2D eigenvalue weighted by atomic mass is 32.2. The lowest BCUT2D eigenvalue weighted by Gasteiger charge is -2.13. The molecule has 0 unspecified atom stereocenters. The third-order valence-corrected chi connectivity index (χ3v) is 6.72. The minimum atomic E-state index is -3.73. The van der Waals surface area contributed by atoms with Gasteiger partial charge in [-0.2, -0.15) is 0 Å². The number of para-hydroxylation sites is 1. The van der Waals surface area contributed by atoms with E-state index in [4.69, 9.17) is 4.42 Å². The molecule has 2 aromatic heterocycles. The fraction of sp³-hybridized carbons (Fsp3) is 0.0435. The van der Waals surface area contributed by atoms with E-state index >= 15 is 0 Å². The van der Waals surface area contributed by atoms with Gasteiger partial charge in [0.25, 0.3) is 0 Å². The van der Waals surface area contributed by atoms with E-state index in [1.54, 1.807) is 61.5 Å². The van der Waals surface area contributed by atoms with E-state index in [-0.39, 0.29) is 9.79 Å². The molecule has 2 heterocycles. The highest BCUT2D eigenvalue weighted by Gasteiger charge is 2.21. The van der Waals surface area contributed by atoms with E-state index in [0.29, 0.717) is 39.8 Å². The Morgan fingerprint density at radius 2 is 1.66 bits per heavy atom. The number of benzene rings is 3. The fourth-order valence-electron chi connectivity index (χ4n) is 3.36. The molecule has 0 aliphatic carbocycles. The molecule has 0 bridgehead atoms. The molecule has 0 atom stereocenters. The number of anilines is 2. The molecule has 0 fully saturated rings. The Morgan fingerprint density at radius 3 is 2.44 bits per heavy atom. The van der Waals surface area contributed by atoms with Gasteiger partial charge in [0.15, 0.2) is 0 Å². The lowest BCUT2D eigenvalue weighted by molar-refractivity contribution is 0.533. The van der Waals surface area contributed by atoms with Gasteiger partial charge >= 0.3 is 0 Å². The van der Waals surface area contributed by atoms with Crippen molar-refractivity contribution in [2.75, 3.05) is 5.32 Å². The first-order valence-electron chi connectivity index (χ1n) is 9.74. The summed E-state index contributed by atoms with van der Waals surface area (Å²) in [5.74, 6) is 1.30. The van der Waals surface area contributed by atoms with E-state index in [0.717, 1.165) is 0 Å². The molecule has 8 nitrogen and oxygen atoms in total. The maximum absolute atomic E-state index is 13.2. The van der Waals surface area contributed by atoms with Crippen molar-refractivity contribution in [3.8, 4) is 11.5 Å². The van der Waals surface area contributed by atoms with Crippen LogP contribution in [0.1, 0.15) is 5.89 Å². The molecule has 0 radical (unpaired) electrons. The number of nitrogens with zero attached hydrogens (tertiary/aromatic N) is 4. The number of aryl methyl sites for hydroxylation is 1. The second-order valence-corrected chi connectivity index (χ2v) is 8.94. The normalized spacial score (nSPS) is 11.5. The molecule has 0 aliphatic heterocycles. The molecule has 9 heteroatoms. The number of hydrogen-bond acceptors (Lipinski definition) is 8. The molecular formula is C23H17N5O3S. The van der Waals surface area contributed by atoms with Crippen LogP contribution in [-0.2, 0) is 9.84 Å². The number of sulfone groups is 1. The van der Waals surface area contributed by atoms with Crippen LogP contribution < -0.4 is 5.32 Å². The zero-order chi connectivity index (χ0) is 22.1. The maximum atomic E-state index is 13.2. The average Bonchev–Trinajstić information content (AvgIpc) is 3.26. The Kier molecular flexibility index (Phi) is 4.87. The Labute approximate surface area is 183 Å². The molecule has 0 aliphatic rings. The molecule has 0 saturated heterocycles. The zero-order valence-corrected chi connectivity index (χ0v) is 17.7. The summed E-state index contributed by atoms with van der Waals surface area (Å²) in [4.78, 5) is 9.03. The summed E-state index contributed by atoms with van der Waals surface area (Å²) < 4.78 is 32.0. The molecule has 5 rings (SSSR count). The van der Waals surface area contributed by atoms with Gasteiger partial charge in [0, 0.05) is 17.9 Å². The number of fused-ring (bicyclic) bond motifs is 1. The molecule has 0 amide bonds. The van der Waals surface area contributed by atoms with Crippen molar-refractivity contribution < 1.29 is 12.8 Å². The summed E-state index contributed by atoms with van der Waals surface area (Å²) in [5, 5.41) is 11.8. The van der Waals surface area contributed by atoms with Gasteiger partial charge in [-0.05, 0) is 42.5 Å². The molecule has 0 saturated carbocycles. The molecule has 1 N–H and O–H groups in total. The summed E-state index contributed by atoms with van der Waals surface area (Å²) in [5.41, 5.74) is 1.81. The highest BCUT2D eigenvalue weighted by molar-refractivity contribution is 7.91. The van der Waals surface area contributed by atoms with Gasteiger partial charge in [-0.15, -0.1) is 10.2 Å². The smallest absolute Gasteiger partial charge is 0.247 e. The van der Waals surface area contributed by atoms with Gasteiger partial charge in [-0.25, -0.2) is 18.4 Å². The van der Waals surface area contributed by atoms with Crippen LogP contribution in [0.25, 0.3) is 22.4 Å². The van der Waals surface area contributed by atoms with Crippen molar-refractivity contribution in [1.29, 1.82) is 0 Å². The molecule has 32 heavy (non-hydrogen) atoms. The molecular weight excluding hydrogens is 426 g/mol. The van der Waals surface area contributed by atoms with Crippen molar-refractivity contribution in [2.24, 2.45) is 0 Å². The molecule has 3 aromatic carbocycles. The minimum absolute atomic E-state index is 0.154. The quantitative estimate of drug-likeness (QED) is 0.421. The summed E-state index contributed by atoms with van der Waals surface area (Å²) in [6.07, 6.45) is 1.43. The van der Waals surface area contributed by atoms with Crippen molar-refractivity contribution >= 4 is 32.2 Å². The summed E-state index contributed by atoms with van der Waals surface area (Å²) in [6, 6.07) is 20.5. The Balaban J connectivity index is 1.60.